The monoisotopic (exact) mass is 420 g/mol. The van der Waals surface area contributed by atoms with E-state index in [2.05, 4.69) is 63.7 Å². The molecular formula is C7H4Br4O. The van der Waals surface area contributed by atoms with Crippen LogP contribution in [0.4, 0.5) is 0 Å². The fraction of sp³-hybridized carbons (Fsp3) is 0.143. The van der Waals surface area contributed by atoms with E-state index in [1.54, 1.807) is 0 Å². The van der Waals surface area contributed by atoms with Crippen molar-refractivity contribution in [2.75, 3.05) is 0 Å². The van der Waals surface area contributed by atoms with Gasteiger partial charge < -0.3 is 5.11 Å². The summed E-state index contributed by atoms with van der Waals surface area (Å²) in [5.74, 6) is 0.211. The van der Waals surface area contributed by atoms with Gasteiger partial charge in [-0.1, -0.05) is 0 Å². The summed E-state index contributed by atoms with van der Waals surface area (Å²) in [6.07, 6.45) is 0. The Hall–Kier alpha value is 0.940. The second-order valence-corrected chi connectivity index (χ2v) is 5.40. The maximum absolute atomic E-state index is 9.55. The average molecular weight is 424 g/mol. The highest BCUT2D eigenvalue weighted by Crippen LogP contribution is 2.45. The van der Waals surface area contributed by atoms with Gasteiger partial charge in [0.1, 0.15) is 5.75 Å². The van der Waals surface area contributed by atoms with Gasteiger partial charge in [0.05, 0.1) is 13.4 Å². The number of hydrogen-bond acceptors (Lipinski definition) is 1. The Kier molecular flexibility index (Phi) is 3.66. The largest absolute Gasteiger partial charge is 0.506 e. The molecule has 0 amide bonds. The van der Waals surface area contributed by atoms with E-state index >= 15 is 0 Å². The smallest absolute Gasteiger partial charge is 0.145 e. The molecule has 0 spiro atoms. The maximum atomic E-state index is 9.55. The van der Waals surface area contributed by atoms with Gasteiger partial charge in [0.2, 0.25) is 0 Å². The molecule has 0 unspecified atom stereocenters. The summed E-state index contributed by atoms with van der Waals surface area (Å²) in [5.41, 5.74) is 0.961. The highest BCUT2D eigenvalue weighted by molar-refractivity contribution is 9.14. The zero-order chi connectivity index (χ0) is 9.46. The Balaban J connectivity index is 3.60. The molecule has 1 aromatic rings. The van der Waals surface area contributed by atoms with Crippen LogP contribution in [0.2, 0.25) is 0 Å². The van der Waals surface area contributed by atoms with Crippen LogP contribution in [0.25, 0.3) is 0 Å². The van der Waals surface area contributed by atoms with Crippen LogP contribution in [0.1, 0.15) is 5.56 Å². The van der Waals surface area contributed by atoms with E-state index in [-0.39, 0.29) is 5.75 Å². The number of phenols is 1. The molecule has 0 bridgehead atoms. The summed E-state index contributed by atoms with van der Waals surface area (Å²) in [6, 6.07) is 0. The maximum Gasteiger partial charge on any atom is 0.145 e. The van der Waals surface area contributed by atoms with Crippen molar-refractivity contribution in [1.29, 1.82) is 0 Å². The summed E-state index contributed by atoms with van der Waals surface area (Å²) >= 11 is 13.3. The van der Waals surface area contributed by atoms with Gasteiger partial charge in [0.25, 0.3) is 0 Å². The third kappa shape index (κ3) is 1.74. The molecule has 0 radical (unpaired) electrons. The standard InChI is InChI=1S/C7H4Br4O/c1-2-3(8)5(10)6(11)7(12)4(2)9/h12H,1H3. The van der Waals surface area contributed by atoms with Crippen molar-refractivity contribution in [1.82, 2.24) is 0 Å². The first kappa shape index (κ1) is 11.0. The summed E-state index contributed by atoms with van der Waals surface area (Å²) in [5, 5.41) is 9.55. The molecule has 0 aliphatic heterocycles. The number of hydrogen-bond donors (Lipinski definition) is 1. The Morgan fingerprint density at radius 2 is 1.33 bits per heavy atom. The summed E-state index contributed by atoms with van der Waals surface area (Å²) in [4.78, 5) is 0. The Labute approximate surface area is 104 Å². The molecule has 1 nitrogen and oxygen atoms in total. The molecule has 1 N–H and O–H groups in total. The Morgan fingerprint density at radius 3 is 1.83 bits per heavy atom. The van der Waals surface area contributed by atoms with E-state index in [0.717, 1.165) is 14.5 Å². The molecular weight excluding hydrogens is 420 g/mol. The number of phenolic OH excluding ortho intramolecular Hbond substituents is 1. The van der Waals surface area contributed by atoms with Crippen molar-refractivity contribution in [3.63, 3.8) is 0 Å². The van der Waals surface area contributed by atoms with Gasteiger partial charge in [-0.25, -0.2) is 0 Å². The van der Waals surface area contributed by atoms with Gasteiger partial charge in [-0.05, 0) is 76.2 Å². The van der Waals surface area contributed by atoms with E-state index in [9.17, 15) is 5.11 Å². The molecule has 0 aromatic heterocycles. The third-order valence-corrected chi connectivity index (χ3v) is 6.05. The van der Waals surface area contributed by atoms with Crippen molar-refractivity contribution < 1.29 is 5.11 Å². The number of rotatable bonds is 0. The molecule has 1 aromatic carbocycles. The SMILES string of the molecule is Cc1c(Br)c(O)c(Br)c(Br)c1Br. The van der Waals surface area contributed by atoms with E-state index in [1.807, 2.05) is 6.92 Å². The molecule has 0 saturated heterocycles. The van der Waals surface area contributed by atoms with E-state index in [4.69, 9.17) is 0 Å². The van der Waals surface area contributed by atoms with Crippen LogP contribution in [0.3, 0.4) is 0 Å². The lowest BCUT2D eigenvalue weighted by Gasteiger charge is -2.09. The summed E-state index contributed by atoms with van der Waals surface area (Å²) in [6.45, 7) is 1.91. The van der Waals surface area contributed by atoms with Crippen molar-refractivity contribution in [3.8, 4) is 5.75 Å². The first-order valence-electron chi connectivity index (χ1n) is 2.98. The van der Waals surface area contributed by atoms with Gasteiger partial charge in [-0.15, -0.1) is 0 Å². The normalized spacial score (nSPS) is 10.4. The molecule has 0 saturated carbocycles. The molecule has 0 heterocycles. The lowest BCUT2D eigenvalue weighted by molar-refractivity contribution is 0.467. The topological polar surface area (TPSA) is 20.2 Å². The van der Waals surface area contributed by atoms with Crippen LogP contribution in [0.5, 0.6) is 5.75 Å². The lowest BCUT2D eigenvalue weighted by Crippen LogP contribution is -1.84. The minimum Gasteiger partial charge on any atom is -0.506 e. The zero-order valence-corrected chi connectivity index (χ0v) is 12.3. The van der Waals surface area contributed by atoms with E-state index in [0.29, 0.717) is 8.95 Å². The van der Waals surface area contributed by atoms with Crippen molar-refractivity contribution in [2.24, 2.45) is 0 Å². The highest BCUT2D eigenvalue weighted by atomic mass is 79.9. The van der Waals surface area contributed by atoms with Crippen LogP contribution < -0.4 is 0 Å². The van der Waals surface area contributed by atoms with Gasteiger partial charge in [0, 0.05) is 4.47 Å². The lowest BCUT2D eigenvalue weighted by atomic mass is 10.2. The molecule has 0 aliphatic carbocycles. The van der Waals surface area contributed by atoms with Crippen molar-refractivity contribution in [2.45, 2.75) is 6.92 Å². The number of aromatic hydroxyl groups is 1. The fourth-order valence-electron chi connectivity index (χ4n) is 0.735. The van der Waals surface area contributed by atoms with Crippen LogP contribution in [0.15, 0.2) is 17.9 Å². The second-order valence-electron chi connectivity index (χ2n) is 2.23. The fourth-order valence-corrected chi connectivity index (χ4v) is 3.21. The summed E-state index contributed by atoms with van der Waals surface area (Å²) < 4.78 is 3.09. The highest BCUT2D eigenvalue weighted by Gasteiger charge is 2.14. The number of halogens is 4. The molecule has 0 fully saturated rings. The third-order valence-electron chi connectivity index (χ3n) is 1.46. The van der Waals surface area contributed by atoms with Gasteiger partial charge >= 0.3 is 0 Å². The molecule has 1 rings (SSSR count). The van der Waals surface area contributed by atoms with E-state index in [1.165, 1.54) is 0 Å². The quantitative estimate of drug-likeness (QED) is 0.471. The first-order valence-corrected chi connectivity index (χ1v) is 6.15. The molecule has 0 atom stereocenters. The van der Waals surface area contributed by atoms with Crippen LogP contribution in [0, 0.1) is 6.92 Å². The minimum atomic E-state index is 0.211. The number of benzene rings is 1. The molecule has 12 heavy (non-hydrogen) atoms. The average Bonchev–Trinajstić information content (AvgIpc) is 2.08. The second kappa shape index (κ2) is 3.98. The van der Waals surface area contributed by atoms with Crippen LogP contribution >= 0.6 is 63.7 Å². The van der Waals surface area contributed by atoms with Crippen molar-refractivity contribution in [3.05, 3.63) is 23.5 Å². The van der Waals surface area contributed by atoms with E-state index < -0.39 is 0 Å². The van der Waals surface area contributed by atoms with Gasteiger partial charge in [-0.3, -0.25) is 0 Å². The minimum absolute atomic E-state index is 0.211. The van der Waals surface area contributed by atoms with Gasteiger partial charge in [-0.2, -0.15) is 0 Å². The van der Waals surface area contributed by atoms with Crippen LogP contribution in [-0.4, -0.2) is 5.11 Å². The molecule has 0 aliphatic rings. The molecule has 5 heteroatoms. The predicted molar refractivity (Wildman–Crippen MR) is 63.6 cm³/mol. The Morgan fingerprint density at radius 1 is 0.833 bits per heavy atom. The predicted octanol–water partition coefficient (Wildman–Crippen LogP) is 4.75. The first-order chi connectivity index (χ1) is 5.46. The molecule has 66 valence electrons. The van der Waals surface area contributed by atoms with Crippen LogP contribution in [-0.2, 0) is 0 Å². The zero-order valence-electron chi connectivity index (χ0n) is 5.96. The Bertz CT molecular complexity index is 230. The summed E-state index contributed by atoms with van der Waals surface area (Å²) in [7, 11) is 0. The van der Waals surface area contributed by atoms with Gasteiger partial charge in [0.15, 0.2) is 0 Å². The van der Waals surface area contributed by atoms with Crippen molar-refractivity contribution >= 4 is 63.7 Å².